The van der Waals surface area contributed by atoms with E-state index < -0.39 is 0 Å². The summed E-state index contributed by atoms with van der Waals surface area (Å²) >= 11 is 1.83. The van der Waals surface area contributed by atoms with Gasteiger partial charge in [0.05, 0.1) is 0 Å². The lowest BCUT2D eigenvalue weighted by Gasteiger charge is -2.09. The average Bonchev–Trinajstić information content (AvgIpc) is 2.45. The van der Waals surface area contributed by atoms with Gasteiger partial charge in [0.1, 0.15) is 12.4 Å². The Bertz CT molecular complexity index is 571. The fraction of sp³-hybridized carbons (Fsp3) is 0.316. The number of hydrogen-bond donors (Lipinski definition) is 0. The largest absolute Gasteiger partial charge is 0.489 e. The first-order valence-corrected chi connectivity index (χ1v) is 8.55. The van der Waals surface area contributed by atoms with Gasteiger partial charge in [-0.1, -0.05) is 50.3 Å². The van der Waals surface area contributed by atoms with E-state index in [1.54, 1.807) is 0 Å². The van der Waals surface area contributed by atoms with E-state index in [1.165, 1.54) is 0 Å². The highest BCUT2D eigenvalue weighted by Gasteiger charge is 2.04. The van der Waals surface area contributed by atoms with Crippen LogP contribution in [0.3, 0.4) is 0 Å². The van der Waals surface area contributed by atoms with Crippen molar-refractivity contribution in [2.75, 3.05) is 6.61 Å². The van der Waals surface area contributed by atoms with Crippen molar-refractivity contribution in [1.29, 1.82) is 0 Å². The van der Waals surface area contributed by atoms with Crippen LogP contribution in [-0.2, 0) is 11.2 Å². The third-order valence-electron chi connectivity index (χ3n) is 2.92. The zero-order chi connectivity index (χ0) is 16.4. The maximum absolute atomic E-state index is 11.4. The van der Waals surface area contributed by atoms with Crippen molar-refractivity contribution in [3.05, 3.63) is 59.7 Å². The summed E-state index contributed by atoms with van der Waals surface area (Å²) in [5, 5.41) is 0. The third kappa shape index (κ3) is 7.59. The van der Waals surface area contributed by atoms with E-state index in [-0.39, 0.29) is 3.79 Å². The van der Waals surface area contributed by atoms with Gasteiger partial charge in [0.15, 0.2) is 3.79 Å². The summed E-state index contributed by atoms with van der Waals surface area (Å²) in [5.74, 6) is 0.775. The lowest BCUT2D eigenvalue weighted by molar-refractivity contribution is -0.108. The van der Waals surface area contributed by atoms with Crippen LogP contribution in [0.2, 0.25) is 0 Å². The molecule has 2 nitrogen and oxygen atoms in total. The molecular weight excluding hydrogens is 387 g/mol. The van der Waals surface area contributed by atoms with Crippen molar-refractivity contribution in [3.63, 3.8) is 0 Å². The lowest BCUT2D eigenvalue weighted by atomic mass is 10.1. The molecule has 1 aromatic carbocycles. The second-order valence-electron chi connectivity index (χ2n) is 5.08. The molecular formula is C19H23IO2. The number of allylic oxidation sites excluding steroid dienone is 2. The molecule has 22 heavy (non-hydrogen) atoms. The molecule has 0 bridgehead atoms. The molecule has 0 atom stereocenters. The monoisotopic (exact) mass is 410 g/mol. The number of carbonyl (C=O) groups excluding carboxylic acids is 1. The standard InChI is InChI=1S/C19H23IO2/c1-4-6-7-9-16-10-17(13-19(20)21)12-18(11-16)22-14-15(3)8-5-2/h5,7-12H,3-4,6,13-14H2,1-2H3/b8-5-,9-7+. The Kier molecular flexibility index (Phi) is 8.82. The van der Waals surface area contributed by atoms with Crippen LogP contribution in [0, 0.1) is 0 Å². The van der Waals surface area contributed by atoms with Crippen molar-refractivity contribution >= 4 is 32.5 Å². The van der Waals surface area contributed by atoms with Crippen molar-refractivity contribution in [1.82, 2.24) is 0 Å². The molecule has 0 fully saturated rings. The molecule has 0 heterocycles. The fourth-order valence-electron chi connectivity index (χ4n) is 1.97. The van der Waals surface area contributed by atoms with Crippen LogP contribution in [0.5, 0.6) is 5.75 Å². The van der Waals surface area contributed by atoms with Gasteiger partial charge in [0.25, 0.3) is 0 Å². The molecule has 0 aliphatic carbocycles. The quantitative estimate of drug-likeness (QED) is 0.305. The second kappa shape index (κ2) is 10.4. The van der Waals surface area contributed by atoms with Gasteiger partial charge in [-0.2, -0.15) is 0 Å². The number of carbonyl (C=O) groups is 1. The molecule has 0 spiro atoms. The Labute approximate surface area is 147 Å². The van der Waals surface area contributed by atoms with Crippen molar-refractivity contribution in [2.45, 2.75) is 33.1 Å². The number of ether oxygens (including phenoxy) is 1. The number of rotatable bonds is 9. The smallest absolute Gasteiger partial charge is 0.196 e. The summed E-state index contributed by atoms with van der Waals surface area (Å²) in [6.07, 6.45) is 10.7. The summed E-state index contributed by atoms with van der Waals surface area (Å²) in [6, 6.07) is 5.96. The normalized spacial score (nSPS) is 11.2. The van der Waals surface area contributed by atoms with E-state index in [9.17, 15) is 4.79 Å². The summed E-state index contributed by atoms with van der Waals surface area (Å²) in [5.41, 5.74) is 2.96. The van der Waals surface area contributed by atoms with Crippen LogP contribution >= 0.6 is 22.6 Å². The average molecular weight is 410 g/mol. The minimum Gasteiger partial charge on any atom is -0.489 e. The van der Waals surface area contributed by atoms with Crippen molar-refractivity contribution in [3.8, 4) is 5.75 Å². The van der Waals surface area contributed by atoms with Crippen LogP contribution in [0.15, 0.2) is 48.6 Å². The maximum atomic E-state index is 11.4. The summed E-state index contributed by atoms with van der Waals surface area (Å²) < 4.78 is 5.91. The number of unbranched alkanes of at least 4 members (excludes halogenated alkanes) is 1. The molecule has 0 aromatic heterocycles. The molecule has 0 amide bonds. The first kappa shape index (κ1) is 18.7. The summed E-state index contributed by atoms with van der Waals surface area (Å²) in [4.78, 5) is 11.4. The topological polar surface area (TPSA) is 26.3 Å². The van der Waals surface area contributed by atoms with Crippen molar-refractivity contribution < 1.29 is 9.53 Å². The molecule has 1 aromatic rings. The summed E-state index contributed by atoms with van der Waals surface area (Å²) in [6.45, 7) is 8.48. The molecule has 0 saturated carbocycles. The van der Waals surface area contributed by atoms with Gasteiger partial charge in [-0.15, -0.1) is 0 Å². The van der Waals surface area contributed by atoms with Gasteiger partial charge < -0.3 is 4.74 Å². The van der Waals surface area contributed by atoms with E-state index in [4.69, 9.17) is 4.74 Å². The molecule has 0 radical (unpaired) electrons. The molecule has 0 aliphatic rings. The molecule has 0 N–H and O–H groups in total. The van der Waals surface area contributed by atoms with E-state index in [0.29, 0.717) is 13.0 Å². The number of halogens is 1. The van der Waals surface area contributed by atoms with Crippen LogP contribution in [0.1, 0.15) is 37.8 Å². The zero-order valence-corrected chi connectivity index (χ0v) is 15.4. The molecule has 3 heteroatoms. The number of benzene rings is 1. The van der Waals surface area contributed by atoms with Gasteiger partial charge in [0, 0.05) is 6.42 Å². The Morgan fingerprint density at radius 2 is 2.14 bits per heavy atom. The Morgan fingerprint density at radius 3 is 2.77 bits per heavy atom. The highest BCUT2D eigenvalue weighted by molar-refractivity contribution is 14.1. The second-order valence-corrected chi connectivity index (χ2v) is 6.28. The zero-order valence-electron chi connectivity index (χ0n) is 13.3. The van der Waals surface area contributed by atoms with Gasteiger partial charge >= 0.3 is 0 Å². The van der Waals surface area contributed by atoms with E-state index in [2.05, 4.69) is 25.7 Å². The lowest BCUT2D eigenvalue weighted by Crippen LogP contribution is -2.00. The Hall–Kier alpha value is -1.36. The fourth-order valence-corrected chi connectivity index (χ4v) is 2.41. The molecule has 118 valence electrons. The Balaban J connectivity index is 2.91. The van der Waals surface area contributed by atoms with Gasteiger partial charge in [-0.25, -0.2) is 0 Å². The first-order chi connectivity index (χ1) is 10.5. The van der Waals surface area contributed by atoms with E-state index >= 15 is 0 Å². The highest BCUT2D eigenvalue weighted by Crippen LogP contribution is 2.21. The summed E-state index contributed by atoms with van der Waals surface area (Å²) in [7, 11) is 0. The van der Waals surface area contributed by atoms with Gasteiger partial charge in [-0.3, -0.25) is 4.79 Å². The minimum absolute atomic E-state index is 0.122. The minimum atomic E-state index is 0.122. The van der Waals surface area contributed by atoms with Gasteiger partial charge in [-0.05, 0) is 64.8 Å². The van der Waals surface area contributed by atoms with Gasteiger partial charge in [0.2, 0.25) is 0 Å². The Morgan fingerprint density at radius 1 is 1.36 bits per heavy atom. The van der Waals surface area contributed by atoms with Crippen LogP contribution in [0.25, 0.3) is 6.08 Å². The predicted molar refractivity (Wildman–Crippen MR) is 103 cm³/mol. The predicted octanol–water partition coefficient (Wildman–Crippen LogP) is 5.52. The third-order valence-corrected chi connectivity index (χ3v) is 3.31. The SMILES string of the molecule is C=C(/C=C\C)COc1cc(/C=C/CCC)cc(CC(=O)I)c1. The van der Waals surface area contributed by atoms with E-state index in [0.717, 1.165) is 35.3 Å². The molecule has 1 rings (SSSR count). The molecule has 0 aliphatic heterocycles. The number of hydrogen-bond acceptors (Lipinski definition) is 2. The van der Waals surface area contributed by atoms with Crippen LogP contribution < -0.4 is 4.74 Å². The van der Waals surface area contributed by atoms with Crippen molar-refractivity contribution in [2.24, 2.45) is 0 Å². The first-order valence-electron chi connectivity index (χ1n) is 7.47. The van der Waals surface area contributed by atoms with Crippen LogP contribution in [-0.4, -0.2) is 10.4 Å². The van der Waals surface area contributed by atoms with Crippen LogP contribution in [0.4, 0.5) is 0 Å². The molecule has 0 saturated heterocycles. The molecule has 0 unspecified atom stereocenters. The highest BCUT2D eigenvalue weighted by atomic mass is 127. The maximum Gasteiger partial charge on any atom is 0.196 e. The van der Waals surface area contributed by atoms with E-state index in [1.807, 2.05) is 59.9 Å².